The van der Waals surface area contributed by atoms with Crippen molar-refractivity contribution < 1.29 is 9.59 Å². The van der Waals surface area contributed by atoms with Crippen molar-refractivity contribution in [3.05, 3.63) is 71.3 Å². The molecule has 2 amide bonds. The Bertz CT molecular complexity index is 777. The van der Waals surface area contributed by atoms with Crippen molar-refractivity contribution in [3.8, 4) is 0 Å². The Morgan fingerprint density at radius 2 is 1.73 bits per heavy atom. The van der Waals surface area contributed by atoms with Gasteiger partial charge in [-0.1, -0.05) is 73.5 Å². The van der Waals surface area contributed by atoms with E-state index in [1.807, 2.05) is 25.1 Å². The number of amides is 2. The smallest absolute Gasteiger partial charge is 0.242 e. The molecule has 0 saturated carbocycles. The van der Waals surface area contributed by atoms with Gasteiger partial charge in [0.2, 0.25) is 11.8 Å². The molecule has 2 aromatic carbocycles. The summed E-state index contributed by atoms with van der Waals surface area (Å²) in [5.74, 6) is 1.10. The average Bonchev–Trinajstić information content (AvgIpc) is 2.76. The Morgan fingerprint density at radius 3 is 2.40 bits per heavy atom. The van der Waals surface area contributed by atoms with Crippen LogP contribution in [-0.4, -0.2) is 41.6 Å². The van der Waals surface area contributed by atoms with Crippen LogP contribution in [-0.2, 0) is 21.8 Å². The second kappa shape index (κ2) is 13.1. The van der Waals surface area contributed by atoms with E-state index in [1.165, 1.54) is 16.7 Å². The molecule has 4 nitrogen and oxygen atoms in total. The first kappa shape index (κ1) is 24.0. The van der Waals surface area contributed by atoms with Gasteiger partial charge in [-0.15, -0.1) is 11.8 Å². The fourth-order valence-electron chi connectivity index (χ4n) is 3.13. The number of carbonyl (C=O) groups excluding carboxylic acids is 2. The summed E-state index contributed by atoms with van der Waals surface area (Å²) in [6.07, 6.45) is 2.71. The summed E-state index contributed by atoms with van der Waals surface area (Å²) >= 11 is 1.60. The highest BCUT2D eigenvalue weighted by Crippen LogP contribution is 2.15. The standard InChI is InChI=1S/C25H34N2O2S/c1-4-5-16-26-25(29)21(3)27(17-15-22-9-7-6-8-10-22)24(28)19-30-18-23-13-11-20(2)12-14-23/h6-14,21H,4-5,15-19H2,1-3H3,(H,26,29). The third kappa shape index (κ3) is 8.23. The molecule has 0 bridgehead atoms. The van der Waals surface area contributed by atoms with E-state index < -0.39 is 6.04 Å². The minimum Gasteiger partial charge on any atom is -0.354 e. The minimum absolute atomic E-state index is 0.0150. The highest BCUT2D eigenvalue weighted by atomic mass is 32.2. The summed E-state index contributed by atoms with van der Waals surface area (Å²) in [7, 11) is 0. The minimum atomic E-state index is -0.474. The summed E-state index contributed by atoms with van der Waals surface area (Å²) < 4.78 is 0. The molecule has 30 heavy (non-hydrogen) atoms. The van der Waals surface area contributed by atoms with Gasteiger partial charge in [0.15, 0.2) is 0 Å². The van der Waals surface area contributed by atoms with E-state index in [0.29, 0.717) is 18.8 Å². The maximum atomic E-state index is 13.0. The Kier molecular flexibility index (Phi) is 10.5. The van der Waals surface area contributed by atoms with Crippen molar-refractivity contribution in [3.63, 3.8) is 0 Å². The lowest BCUT2D eigenvalue weighted by Crippen LogP contribution is -2.49. The summed E-state index contributed by atoms with van der Waals surface area (Å²) in [5.41, 5.74) is 3.61. The van der Waals surface area contributed by atoms with E-state index in [-0.39, 0.29) is 11.8 Å². The zero-order valence-electron chi connectivity index (χ0n) is 18.4. The molecular weight excluding hydrogens is 392 g/mol. The van der Waals surface area contributed by atoms with Crippen molar-refractivity contribution in [2.75, 3.05) is 18.8 Å². The Morgan fingerprint density at radius 1 is 1.03 bits per heavy atom. The van der Waals surface area contributed by atoms with Crippen LogP contribution in [0.2, 0.25) is 0 Å². The topological polar surface area (TPSA) is 49.4 Å². The Hall–Kier alpha value is -2.27. The van der Waals surface area contributed by atoms with Crippen LogP contribution >= 0.6 is 11.8 Å². The number of aryl methyl sites for hydroxylation is 1. The highest BCUT2D eigenvalue weighted by Gasteiger charge is 2.25. The fraction of sp³-hybridized carbons (Fsp3) is 0.440. The van der Waals surface area contributed by atoms with Crippen molar-refractivity contribution >= 4 is 23.6 Å². The summed E-state index contributed by atoms with van der Waals surface area (Å²) in [4.78, 5) is 27.3. The first-order valence-corrected chi connectivity index (χ1v) is 11.9. The molecule has 2 rings (SSSR count). The van der Waals surface area contributed by atoms with Gasteiger partial charge >= 0.3 is 0 Å². The second-order valence-electron chi connectivity index (χ2n) is 7.62. The first-order chi connectivity index (χ1) is 14.5. The lowest BCUT2D eigenvalue weighted by atomic mass is 10.1. The second-order valence-corrected chi connectivity index (χ2v) is 8.61. The number of hydrogen-bond acceptors (Lipinski definition) is 3. The number of nitrogens with zero attached hydrogens (tertiary/aromatic N) is 1. The van der Waals surface area contributed by atoms with Crippen molar-refractivity contribution in [1.82, 2.24) is 10.2 Å². The number of carbonyl (C=O) groups is 2. The van der Waals surface area contributed by atoms with Crippen LogP contribution < -0.4 is 5.32 Å². The molecule has 0 aliphatic rings. The lowest BCUT2D eigenvalue weighted by molar-refractivity contribution is -0.137. The third-order valence-electron chi connectivity index (χ3n) is 5.10. The van der Waals surface area contributed by atoms with Crippen LogP contribution in [0.1, 0.15) is 43.4 Å². The van der Waals surface area contributed by atoms with Crippen molar-refractivity contribution in [2.45, 2.75) is 51.8 Å². The van der Waals surface area contributed by atoms with Gasteiger partial charge in [-0.05, 0) is 37.8 Å². The van der Waals surface area contributed by atoms with Gasteiger partial charge in [0, 0.05) is 18.8 Å². The zero-order valence-corrected chi connectivity index (χ0v) is 19.2. The highest BCUT2D eigenvalue weighted by molar-refractivity contribution is 7.99. The zero-order chi connectivity index (χ0) is 21.8. The van der Waals surface area contributed by atoms with Gasteiger partial charge in [0.05, 0.1) is 5.75 Å². The summed E-state index contributed by atoms with van der Waals surface area (Å²) in [6.45, 7) is 7.18. The normalized spacial score (nSPS) is 11.7. The first-order valence-electron chi connectivity index (χ1n) is 10.8. The van der Waals surface area contributed by atoms with Gasteiger partial charge in [-0.3, -0.25) is 9.59 Å². The summed E-state index contributed by atoms with van der Waals surface area (Å²) in [6, 6.07) is 18.0. The molecule has 0 aromatic heterocycles. The van der Waals surface area contributed by atoms with Crippen LogP contribution in [0.15, 0.2) is 54.6 Å². The average molecular weight is 427 g/mol. The van der Waals surface area contributed by atoms with E-state index in [4.69, 9.17) is 0 Å². The van der Waals surface area contributed by atoms with Crippen LogP contribution in [0.5, 0.6) is 0 Å². The van der Waals surface area contributed by atoms with Crippen LogP contribution in [0, 0.1) is 6.92 Å². The summed E-state index contributed by atoms with van der Waals surface area (Å²) in [5, 5.41) is 2.96. The number of nitrogens with one attached hydrogen (secondary N) is 1. The molecule has 0 heterocycles. The van der Waals surface area contributed by atoms with Gasteiger partial charge in [0.1, 0.15) is 6.04 Å². The largest absolute Gasteiger partial charge is 0.354 e. The SMILES string of the molecule is CCCCNC(=O)C(C)N(CCc1ccccc1)C(=O)CSCc1ccc(C)cc1. The number of unbranched alkanes of at least 4 members (excludes halogenated alkanes) is 1. The lowest BCUT2D eigenvalue weighted by Gasteiger charge is -2.28. The maximum absolute atomic E-state index is 13.0. The number of hydrogen-bond donors (Lipinski definition) is 1. The molecule has 0 radical (unpaired) electrons. The maximum Gasteiger partial charge on any atom is 0.242 e. The third-order valence-corrected chi connectivity index (χ3v) is 6.08. The number of thioether (sulfide) groups is 1. The molecule has 1 unspecified atom stereocenters. The Labute approximate surface area is 185 Å². The monoisotopic (exact) mass is 426 g/mol. The molecule has 0 fully saturated rings. The van der Waals surface area contributed by atoms with E-state index in [9.17, 15) is 9.59 Å². The molecular formula is C25H34N2O2S. The van der Waals surface area contributed by atoms with Crippen molar-refractivity contribution in [1.29, 1.82) is 0 Å². The molecule has 2 aromatic rings. The fourth-order valence-corrected chi connectivity index (χ4v) is 4.00. The number of benzene rings is 2. The Balaban J connectivity index is 1.96. The van der Waals surface area contributed by atoms with Crippen LogP contribution in [0.25, 0.3) is 0 Å². The molecule has 0 saturated heterocycles. The van der Waals surface area contributed by atoms with E-state index >= 15 is 0 Å². The molecule has 1 N–H and O–H groups in total. The molecule has 0 aliphatic heterocycles. The van der Waals surface area contributed by atoms with Gasteiger partial charge < -0.3 is 10.2 Å². The molecule has 0 aliphatic carbocycles. The number of rotatable bonds is 12. The van der Waals surface area contributed by atoms with E-state index in [0.717, 1.165) is 25.0 Å². The van der Waals surface area contributed by atoms with E-state index in [2.05, 4.69) is 55.6 Å². The molecule has 0 spiro atoms. The molecule has 162 valence electrons. The van der Waals surface area contributed by atoms with E-state index in [1.54, 1.807) is 16.7 Å². The predicted octanol–water partition coefficient (Wildman–Crippen LogP) is 4.60. The molecule has 5 heteroatoms. The van der Waals surface area contributed by atoms with Crippen LogP contribution in [0.3, 0.4) is 0 Å². The molecule has 1 atom stereocenters. The van der Waals surface area contributed by atoms with Crippen LogP contribution in [0.4, 0.5) is 0 Å². The predicted molar refractivity (Wildman–Crippen MR) is 127 cm³/mol. The van der Waals surface area contributed by atoms with Crippen molar-refractivity contribution in [2.24, 2.45) is 0 Å². The van der Waals surface area contributed by atoms with Gasteiger partial charge in [-0.2, -0.15) is 0 Å². The van der Waals surface area contributed by atoms with Gasteiger partial charge in [0.25, 0.3) is 0 Å². The van der Waals surface area contributed by atoms with Gasteiger partial charge in [-0.25, -0.2) is 0 Å². The quantitative estimate of drug-likeness (QED) is 0.505.